The van der Waals surface area contributed by atoms with Gasteiger partial charge in [0.1, 0.15) is 6.61 Å². The summed E-state index contributed by atoms with van der Waals surface area (Å²) in [7, 11) is 1.49. The fourth-order valence-electron chi connectivity index (χ4n) is 3.04. The number of rotatable bonds is 7. The topological polar surface area (TPSA) is 59.0 Å². The van der Waals surface area contributed by atoms with Crippen LogP contribution in [0, 0.1) is 5.92 Å². The van der Waals surface area contributed by atoms with Gasteiger partial charge in [0.25, 0.3) is 0 Å². The van der Waals surface area contributed by atoms with E-state index in [0.717, 1.165) is 17.7 Å². The lowest BCUT2D eigenvalue weighted by Crippen LogP contribution is -2.49. The molecule has 1 N–H and O–H groups in total. The third-order valence-electron chi connectivity index (χ3n) is 4.59. The first-order chi connectivity index (χ1) is 13.3. The van der Waals surface area contributed by atoms with E-state index in [1.165, 1.54) is 13.2 Å². The van der Waals surface area contributed by atoms with Gasteiger partial charge in [0.15, 0.2) is 11.5 Å². The number of ether oxygens (including phenoxy) is 2. The zero-order valence-corrected chi connectivity index (χ0v) is 15.2. The highest BCUT2D eigenvalue weighted by Gasteiger charge is 2.32. The predicted molar refractivity (Wildman–Crippen MR) is 95.2 cm³/mol. The van der Waals surface area contributed by atoms with Crippen molar-refractivity contribution in [2.75, 3.05) is 20.2 Å². The monoisotopic (exact) mass is 395 g/mol. The summed E-state index contributed by atoms with van der Waals surface area (Å²) >= 11 is 0. The summed E-state index contributed by atoms with van der Waals surface area (Å²) in [6.07, 6.45) is -4.40. The minimum Gasteiger partial charge on any atom is -0.493 e. The molecule has 0 bridgehead atoms. The fraction of sp³-hybridized carbons (Fsp3) is 0.350. The number of benzene rings is 2. The number of carboxylic acids is 1. The molecular weight excluding hydrogens is 375 g/mol. The molecule has 2 aromatic carbocycles. The van der Waals surface area contributed by atoms with Gasteiger partial charge in [-0.15, -0.1) is 0 Å². The Morgan fingerprint density at radius 1 is 1.14 bits per heavy atom. The number of carboxylic acid groups (broad SMARTS) is 1. The van der Waals surface area contributed by atoms with Crippen LogP contribution in [0.4, 0.5) is 13.2 Å². The molecule has 3 rings (SSSR count). The van der Waals surface area contributed by atoms with Gasteiger partial charge in [0, 0.05) is 19.6 Å². The summed E-state index contributed by atoms with van der Waals surface area (Å²) in [5.74, 6) is -0.209. The Balaban J connectivity index is 1.62. The normalized spacial score (nSPS) is 15.1. The number of hydrogen-bond donors (Lipinski definition) is 1. The number of methoxy groups -OCH3 is 1. The van der Waals surface area contributed by atoms with Gasteiger partial charge in [-0.05, 0) is 35.4 Å². The number of nitrogens with zero attached hydrogens (tertiary/aromatic N) is 1. The molecule has 0 aliphatic carbocycles. The van der Waals surface area contributed by atoms with Crippen LogP contribution in [0.1, 0.15) is 16.7 Å². The van der Waals surface area contributed by atoms with Crippen LogP contribution < -0.4 is 9.47 Å². The van der Waals surface area contributed by atoms with E-state index in [2.05, 4.69) is 0 Å². The number of alkyl halides is 3. The summed E-state index contributed by atoms with van der Waals surface area (Å²) in [6, 6.07) is 10.3. The standard InChI is InChI=1S/C20H20F3NO4/c1-27-18-8-13(9-24-10-15(11-24)19(25)26)5-6-17(18)28-12-14-3-2-4-16(7-14)20(21,22)23/h2-8,15H,9-12H2,1H3,(H,25,26). The van der Waals surface area contributed by atoms with Crippen LogP contribution in [0.2, 0.25) is 0 Å². The molecule has 150 valence electrons. The molecule has 0 aromatic heterocycles. The van der Waals surface area contributed by atoms with E-state index in [0.29, 0.717) is 36.7 Å². The first kappa shape index (κ1) is 20.0. The summed E-state index contributed by atoms with van der Waals surface area (Å²) in [6.45, 7) is 1.58. The van der Waals surface area contributed by atoms with Gasteiger partial charge in [-0.25, -0.2) is 0 Å². The summed E-state index contributed by atoms with van der Waals surface area (Å²) in [5.41, 5.74) is 0.624. The minimum absolute atomic E-state index is 0.0218. The smallest absolute Gasteiger partial charge is 0.416 e. The number of hydrogen-bond acceptors (Lipinski definition) is 4. The Kier molecular flexibility index (Phi) is 5.79. The van der Waals surface area contributed by atoms with E-state index >= 15 is 0 Å². The number of carbonyl (C=O) groups is 1. The van der Waals surface area contributed by atoms with Gasteiger partial charge in [-0.1, -0.05) is 18.2 Å². The van der Waals surface area contributed by atoms with Crippen molar-refractivity contribution < 1.29 is 32.5 Å². The molecule has 28 heavy (non-hydrogen) atoms. The van der Waals surface area contributed by atoms with Crippen molar-refractivity contribution in [1.82, 2.24) is 4.90 Å². The predicted octanol–water partition coefficient (Wildman–Crippen LogP) is 3.81. The van der Waals surface area contributed by atoms with Gasteiger partial charge in [-0.2, -0.15) is 13.2 Å². The van der Waals surface area contributed by atoms with Gasteiger partial charge in [0.05, 0.1) is 18.6 Å². The average molecular weight is 395 g/mol. The van der Waals surface area contributed by atoms with E-state index in [1.807, 2.05) is 11.0 Å². The van der Waals surface area contributed by atoms with E-state index in [1.54, 1.807) is 18.2 Å². The van der Waals surface area contributed by atoms with Crippen molar-refractivity contribution in [2.45, 2.75) is 19.3 Å². The fourth-order valence-corrected chi connectivity index (χ4v) is 3.04. The Morgan fingerprint density at radius 3 is 2.54 bits per heavy atom. The highest BCUT2D eigenvalue weighted by atomic mass is 19.4. The maximum absolute atomic E-state index is 12.8. The van der Waals surface area contributed by atoms with Crippen LogP contribution in [0.15, 0.2) is 42.5 Å². The summed E-state index contributed by atoms with van der Waals surface area (Å²) in [5, 5.41) is 8.92. The molecule has 1 fully saturated rings. The molecule has 1 aliphatic rings. The lowest BCUT2D eigenvalue weighted by atomic mass is 9.99. The van der Waals surface area contributed by atoms with Crippen molar-refractivity contribution in [1.29, 1.82) is 0 Å². The molecule has 0 amide bonds. The zero-order valence-electron chi connectivity index (χ0n) is 15.2. The van der Waals surface area contributed by atoms with Crippen LogP contribution in [-0.4, -0.2) is 36.2 Å². The maximum atomic E-state index is 12.8. The van der Waals surface area contributed by atoms with Crippen LogP contribution in [-0.2, 0) is 24.1 Å². The molecule has 2 aromatic rings. The van der Waals surface area contributed by atoms with Crippen LogP contribution in [0.5, 0.6) is 11.5 Å². The first-order valence-electron chi connectivity index (χ1n) is 8.67. The van der Waals surface area contributed by atoms with E-state index < -0.39 is 17.7 Å². The van der Waals surface area contributed by atoms with Crippen LogP contribution in [0.3, 0.4) is 0 Å². The summed E-state index contributed by atoms with van der Waals surface area (Å²) in [4.78, 5) is 12.9. The van der Waals surface area contributed by atoms with Crippen molar-refractivity contribution in [2.24, 2.45) is 5.92 Å². The van der Waals surface area contributed by atoms with Gasteiger partial charge < -0.3 is 14.6 Å². The second-order valence-corrected chi connectivity index (χ2v) is 6.70. The van der Waals surface area contributed by atoms with Gasteiger partial charge in [-0.3, -0.25) is 9.69 Å². The molecule has 1 heterocycles. The van der Waals surface area contributed by atoms with Crippen molar-refractivity contribution in [3.63, 3.8) is 0 Å². The Labute approximate surface area is 160 Å². The third-order valence-corrected chi connectivity index (χ3v) is 4.59. The van der Waals surface area contributed by atoms with Crippen molar-refractivity contribution >= 4 is 5.97 Å². The molecule has 0 saturated carbocycles. The van der Waals surface area contributed by atoms with Gasteiger partial charge in [0.2, 0.25) is 0 Å². The first-order valence-corrected chi connectivity index (χ1v) is 8.67. The molecule has 0 spiro atoms. The third kappa shape index (κ3) is 4.75. The zero-order chi connectivity index (χ0) is 20.3. The maximum Gasteiger partial charge on any atom is 0.416 e. The highest BCUT2D eigenvalue weighted by molar-refractivity contribution is 5.71. The van der Waals surface area contributed by atoms with Crippen LogP contribution in [0.25, 0.3) is 0 Å². The molecule has 1 saturated heterocycles. The van der Waals surface area contributed by atoms with E-state index in [9.17, 15) is 18.0 Å². The average Bonchev–Trinajstić information content (AvgIpc) is 2.62. The minimum atomic E-state index is -4.40. The van der Waals surface area contributed by atoms with Gasteiger partial charge >= 0.3 is 12.1 Å². The molecule has 5 nitrogen and oxygen atoms in total. The number of aliphatic carboxylic acids is 1. The molecule has 1 aliphatic heterocycles. The molecule has 8 heteroatoms. The molecule has 0 unspecified atom stereocenters. The van der Waals surface area contributed by atoms with Crippen molar-refractivity contribution in [3.05, 3.63) is 59.2 Å². The van der Waals surface area contributed by atoms with Crippen molar-refractivity contribution in [3.8, 4) is 11.5 Å². The van der Waals surface area contributed by atoms with Crippen LogP contribution >= 0.6 is 0 Å². The second kappa shape index (κ2) is 8.10. The quantitative estimate of drug-likeness (QED) is 0.773. The largest absolute Gasteiger partial charge is 0.493 e. The van der Waals surface area contributed by atoms with E-state index in [4.69, 9.17) is 14.6 Å². The SMILES string of the molecule is COc1cc(CN2CC(C(=O)O)C2)ccc1OCc1cccc(C(F)(F)F)c1. The molecule has 0 radical (unpaired) electrons. The second-order valence-electron chi connectivity index (χ2n) is 6.70. The summed E-state index contributed by atoms with van der Waals surface area (Å²) < 4.78 is 49.4. The molecule has 0 atom stereocenters. The van der Waals surface area contributed by atoms with E-state index in [-0.39, 0.29) is 12.5 Å². The number of likely N-dealkylation sites (tertiary alicyclic amines) is 1. The lowest BCUT2D eigenvalue weighted by Gasteiger charge is -2.36. The Morgan fingerprint density at radius 2 is 1.89 bits per heavy atom. The Hall–Kier alpha value is -2.74. The molecular formula is C20H20F3NO4. The number of halogens is 3. The highest BCUT2D eigenvalue weighted by Crippen LogP contribution is 2.32. The lowest BCUT2D eigenvalue weighted by molar-refractivity contribution is -0.147. The Bertz CT molecular complexity index is 848.